The van der Waals surface area contributed by atoms with Crippen LogP contribution in [-0.2, 0) is 9.59 Å². The lowest BCUT2D eigenvalue weighted by molar-refractivity contribution is -0.138. The molecule has 8 heteroatoms. The van der Waals surface area contributed by atoms with Crippen molar-refractivity contribution in [3.63, 3.8) is 0 Å². The van der Waals surface area contributed by atoms with Gasteiger partial charge in [-0.1, -0.05) is 0 Å². The van der Waals surface area contributed by atoms with Crippen LogP contribution in [0.4, 0.5) is 14.5 Å². The zero-order valence-electron chi connectivity index (χ0n) is 15.0. The molecule has 2 rings (SSSR count). The van der Waals surface area contributed by atoms with Crippen molar-refractivity contribution in [3.8, 4) is 0 Å². The van der Waals surface area contributed by atoms with Gasteiger partial charge in [0.25, 0.3) is 0 Å². The smallest absolute Gasteiger partial charge is 0.317 e. The van der Waals surface area contributed by atoms with Crippen LogP contribution in [0, 0.1) is 11.6 Å². The second-order valence-electron chi connectivity index (χ2n) is 6.72. The van der Waals surface area contributed by atoms with Crippen molar-refractivity contribution in [2.75, 3.05) is 32.0 Å². The number of rotatable bonds is 6. The molecule has 0 aliphatic carbocycles. The van der Waals surface area contributed by atoms with Crippen molar-refractivity contribution >= 4 is 17.6 Å². The number of carbonyl (C=O) groups excluding carboxylic acids is 1. The monoisotopic (exact) mass is 369 g/mol. The van der Waals surface area contributed by atoms with Crippen molar-refractivity contribution in [1.29, 1.82) is 0 Å². The van der Waals surface area contributed by atoms with Gasteiger partial charge in [-0.05, 0) is 51.9 Å². The van der Waals surface area contributed by atoms with E-state index < -0.39 is 29.6 Å². The molecule has 2 unspecified atom stereocenters. The molecule has 6 nitrogen and oxygen atoms in total. The molecule has 144 valence electrons. The lowest BCUT2D eigenvalue weighted by atomic mass is 10.1. The van der Waals surface area contributed by atoms with E-state index in [1.54, 1.807) is 14.0 Å². The maximum Gasteiger partial charge on any atom is 0.317 e. The van der Waals surface area contributed by atoms with Crippen molar-refractivity contribution < 1.29 is 23.5 Å². The highest BCUT2D eigenvalue weighted by Crippen LogP contribution is 2.19. The van der Waals surface area contributed by atoms with Crippen molar-refractivity contribution in [2.45, 2.75) is 38.3 Å². The molecule has 0 saturated carbocycles. The number of likely N-dealkylation sites (tertiary alicyclic amines) is 1. The summed E-state index contributed by atoms with van der Waals surface area (Å²) in [4.78, 5) is 27.1. The van der Waals surface area contributed by atoms with Gasteiger partial charge in [0.1, 0.15) is 11.6 Å². The lowest BCUT2D eigenvalue weighted by Crippen LogP contribution is -2.43. The summed E-state index contributed by atoms with van der Waals surface area (Å²) in [6.45, 7) is 3.04. The number of carbonyl (C=O) groups is 2. The van der Waals surface area contributed by atoms with Crippen LogP contribution in [0.1, 0.15) is 26.2 Å². The number of aliphatic carboxylic acids is 1. The first-order valence-corrected chi connectivity index (χ1v) is 8.70. The van der Waals surface area contributed by atoms with Crippen molar-refractivity contribution in [2.24, 2.45) is 0 Å². The van der Waals surface area contributed by atoms with Crippen LogP contribution in [0.2, 0.25) is 0 Å². The highest BCUT2D eigenvalue weighted by Gasteiger charge is 2.27. The van der Waals surface area contributed by atoms with Gasteiger partial charge in [-0.2, -0.15) is 0 Å². The topological polar surface area (TPSA) is 72.9 Å². The Hall–Kier alpha value is -2.06. The number of nitrogens with zero attached hydrogens (tertiary/aromatic N) is 2. The summed E-state index contributed by atoms with van der Waals surface area (Å²) in [5.74, 6) is -2.56. The van der Waals surface area contributed by atoms with Crippen LogP contribution in [0.25, 0.3) is 0 Å². The first-order valence-electron chi connectivity index (χ1n) is 8.70. The molecule has 1 aliphatic rings. The van der Waals surface area contributed by atoms with Gasteiger partial charge in [0.2, 0.25) is 5.91 Å². The number of halogens is 2. The molecule has 26 heavy (non-hydrogen) atoms. The summed E-state index contributed by atoms with van der Waals surface area (Å²) in [6.07, 6.45) is 2.43. The third-order valence-corrected chi connectivity index (χ3v) is 4.85. The highest BCUT2D eigenvalue weighted by molar-refractivity contribution is 5.94. The standard InChI is InChI=1S/C18H25F2N3O3/c1-12(18(26)21-16-10-13(19)5-6-15(16)20)23-8-3-4-14(7-9-23)22(2)11-17(24)25/h5-6,10,12,14H,3-4,7-9,11H2,1-2H3,(H,21,26)(H,24,25). The van der Waals surface area contributed by atoms with Crippen molar-refractivity contribution in [3.05, 3.63) is 29.8 Å². The third-order valence-electron chi connectivity index (χ3n) is 4.85. The molecule has 0 spiro atoms. The summed E-state index contributed by atoms with van der Waals surface area (Å²) >= 11 is 0. The molecule has 1 heterocycles. The van der Waals surface area contributed by atoms with Gasteiger partial charge in [0.05, 0.1) is 18.3 Å². The van der Waals surface area contributed by atoms with E-state index in [1.165, 1.54) is 0 Å². The van der Waals surface area contributed by atoms with E-state index in [0.29, 0.717) is 13.1 Å². The minimum Gasteiger partial charge on any atom is -0.480 e. The number of anilines is 1. The Morgan fingerprint density at radius 2 is 2.08 bits per heavy atom. The molecule has 1 aromatic carbocycles. The Morgan fingerprint density at radius 1 is 1.35 bits per heavy atom. The highest BCUT2D eigenvalue weighted by atomic mass is 19.1. The number of likely N-dealkylation sites (N-methyl/N-ethyl adjacent to an activating group) is 1. The minimum atomic E-state index is -0.863. The number of carboxylic acids is 1. The van der Waals surface area contributed by atoms with Gasteiger partial charge >= 0.3 is 5.97 Å². The number of hydrogen-bond donors (Lipinski definition) is 2. The number of nitrogens with one attached hydrogen (secondary N) is 1. The molecule has 1 aliphatic heterocycles. The predicted octanol–water partition coefficient (Wildman–Crippen LogP) is 2.16. The predicted molar refractivity (Wildman–Crippen MR) is 93.9 cm³/mol. The summed E-state index contributed by atoms with van der Waals surface area (Å²) < 4.78 is 26.9. The van der Waals surface area contributed by atoms with E-state index >= 15 is 0 Å². The fraction of sp³-hybridized carbons (Fsp3) is 0.556. The van der Waals surface area contributed by atoms with Crippen LogP contribution in [0.5, 0.6) is 0 Å². The SMILES string of the molecule is CC(C(=O)Nc1cc(F)ccc1F)N1CCCC(N(C)CC(=O)O)CC1. The van der Waals surface area contributed by atoms with Crippen LogP contribution < -0.4 is 5.32 Å². The lowest BCUT2D eigenvalue weighted by Gasteiger charge is -2.28. The molecular weight excluding hydrogens is 344 g/mol. The van der Waals surface area contributed by atoms with Gasteiger partial charge in [0.15, 0.2) is 0 Å². The molecule has 0 radical (unpaired) electrons. The van der Waals surface area contributed by atoms with E-state index in [4.69, 9.17) is 5.11 Å². The summed E-state index contributed by atoms with van der Waals surface area (Å²) in [7, 11) is 1.79. The maximum absolute atomic E-state index is 13.7. The Kier molecular flexibility index (Phi) is 7.05. The summed E-state index contributed by atoms with van der Waals surface area (Å²) in [5.41, 5.74) is -0.171. The van der Waals surface area contributed by atoms with E-state index in [9.17, 15) is 18.4 Å². The largest absolute Gasteiger partial charge is 0.480 e. The number of amides is 1. The first kappa shape index (κ1) is 20.3. The summed E-state index contributed by atoms with van der Waals surface area (Å²) in [6, 6.07) is 2.58. The van der Waals surface area contributed by atoms with Crippen LogP contribution in [0.15, 0.2) is 18.2 Å². The van der Waals surface area contributed by atoms with Gasteiger partial charge in [0, 0.05) is 18.7 Å². The molecule has 0 bridgehead atoms. The van der Waals surface area contributed by atoms with E-state index in [0.717, 1.165) is 37.5 Å². The zero-order valence-corrected chi connectivity index (χ0v) is 15.0. The summed E-state index contributed by atoms with van der Waals surface area (Å²) in [5, 5.41) is 11.4. The zero-order chi connectivity index (χ0) is 19.3. The van der Waals surface area contributed by atoms with E-state index in [1.807, 2.05) is 9.80 Å². The normalized spacial score (nSPS) is 19.8. The fourth-order valence-corrected chi connectivity index (χ4v) is 3.27. The van der Waals surface area contributed by atoms with Gasteiger partial charge in [-0.3, -0.25) is 19.4 Å². The quantitative estimate of drug-likeness (QED) is 0.804. The Balaban J connectivity index is 1.94. The molecule has 1 saturated heterocycles. The molecule has 1 fully saturated rings. The molecule has 2 N–H and O–H groups in total. The van der Waals surface area contributed by atoms with E-state index in [2.05, 4.69) is 5.32 Å². The fourth-order valence-electron chi connectivity index (χ4n) is 3.27. The second-order valence-corrected chi connectivity index (χ2v) is 6.72. The minimum absolute atomic E-state index is 0.0143. The Labute approximate surface area is 151 Å². The molecule has 2 atom stereocenters. The molecule has 1 amide bonds. The average molecular weight is 369 g/mol. The average Bonchev–Trinajstić information content (AvgIpc) is 2.83. The van der Waals surface area contributed by atoms with Crippen LogP contribution >= 0.6 is 0 Å². The van der Waals surface area contributed by atoms with Crippen LogP contribution in [-0.4, -0.2) is 65.5 Å². The van der Waals surface area contributed by atoms with Gasteiger partial charge in [-0.25, -0.2) is 8.78 Å². The van der Waals surface area contributed by atoms with Crippen molar-refractivity contribution in [1.82, 2.24) is 9.80 Å². The third kappa shape index (κ3) is 5.47. The first-order chi connectivity index (χ1) is 12.3. The number of hydrogen-bond acceptors (Lipinski definition) is 4. The maximum atomic E-state index is 13.7. The second kappa shape index (κ2) is 9.05. The Morgan fingerprint density at radius 3 is 2.77 bits per heavy atom. The Bertz CT molecular complexity index is 657. The van der Waals surface area contributed by atoms with Gasteiger partial charge < -0.3 is 10.4 Å². The molecule has 0 aromatic heterocycles. The molecular formula is C18H25F2N3O3. The van der Waals surface area contributed by atoms with E-state index in [-0.39, 0.29) is 18.3 Å². The van der Waals surface area contributed by atoms with Gasteiger partial charge in [-0.15, -0.1) is 0 Å². The number of carboxylic acid groups (broad SMARTS) is 1. The number of benzene rings is 1. The van der Waals surface area contributed by atoms with Crippen LogP contribution in [0.3, 0.4) is 0 Å². The molecule has 1 aromatic rings.